The molecule has 1 saturated heterocycles. The van der Waals surface area contributed by atoms with Crippen LogP contribution in [0.2, 0.25) is 0 Å². The van der Waals surface area contributed by atoms with Gasteiger partial charge in [0.2, 0.25) is 0 Å². The highest BCUT2D eigenvalue weighted by atomic mass is 16.5. The van der Waals surface area contributed by atoms with Crippen LogP contribution in [-0.2, 0) is 14.2 Å². The van der Waals surface area contributed by atoms with E-state index in [2.05, 4.69) is 5.32 Å². The predicted octanol–water partition coefficient (Wildman–Crippen LogP) is 0.949. The van der Waals surface area contributed by atoms with Gasteiger partial charge < -0.3 is 19.5 Å². The lowest BCUT2D eigenvalue weighted by atomic mass is 9.95. The van der Waals surface area contributed by atoms with Crippen molar-refractivity contribution >= 4 is 0 Å². The second-order valence-corrected chi connectivity index (χ2v) is 4.68. The summed E-state index contributed by atoms with van der Waals surface area (Å²) in [6.45, 7) is 3.40. The Balaban J connectivity index is 1.64. The highest BCUT2D eigenvalue weighted by Gasteiger charge is 2.23. The minimum absolute atomic E-state index is 0.233. The standard InChI is InChI=1S/C12H23NO3/c1-14-10-3-2-4-11(7-10)16-9-12-8-13-5-6-15-12/h10-13H,2-9H2,1H3/t10-,11-,12-/m1/s1. The van der Waals surface area contributed by atoms with Gasteiger partial charge in [-0.05, 0) is 25.7 Å². The minimum atomic E-state index is 0.233. The number of ether oxygens (including phenoxy) is 3. The molecule has 0 aromatic carbocycles. The first kappa shape index (κ1) is 12.3. The molecule has 0 aromatic heterocycles. The first-order valence-corrected chi connectivity index (χ1v) is 6.35. The lowest BCUT2D eigenvalue weighted by Gasteiger charge is -2.30. The quantitative estimate of drug-likeness (QED) is 0.779. The number of methoxy groups -OCH3 is 1. The molecule has 2 aliphatic rings. The number of hydrogen-bond donors (Lipinski definition) is 1. The van der Waals surface area contributed by atoms with Crippen molar-refractivity contribution in [2.45, 2.75) is 44.0 Å². The lowest BCUT2D eigenvalue weighted by Crippen LogP contribution is -2.42. The van der Waals surface area contributed by atoms with Crippen LogP contribution in [0, 0.1) is 0 Å². The highest BCUT2D eigenvalue weighted by molar-refractivity contribution is 4.75. The number of hydrogen-bond acceptors (Lipinski definition) is 4. The average Bonchev–Trinajstić information content (AvgIpc) is 2.38. The molecule has 1 saturated carbocycles. The van der Waals surface area contributed by atoms with Gasteiger partial charge in [0.15, 0.2) is 0 Å². The Labute approximate surface area is 97.6 Å². The molecule has 0 bridgehead atoms. The van der Waals surface area contributed by atoms with Crippen molar-refractivity contribution in [3.05, 3.63) is 0 Å². The topological polar surface area (TPSA) is 39.7 Å². The third-order valence-electron chi connectivity index (χ3n) is 3.43. The van der Waals surface area contributed by atoms with Crippen LogP contribution in [0.1, 0.15) is 25.7 Å². The zero-order chi connectivity index (χ0) is 11.2. The first-order chi connectivity index (χ1) is 7.88. The van der Waals surface area contributed by atoms with Gasteiger partial charge in [-0.15, -0.1) is 0 Å². The van der Waals surface area contributed by atoms with Gasteiger partial charge in [-0.3, -0.25) is 0 Å². The Morgan fingerprint density at radius 2 is 2.19 bits per heavy atom. The monoisotopic (exact) mass is 229 g/mol. The lowest BCUT2D eigenvalue weighted by molar-refractivity contribution is -0.0802. The second-order valence-electron chi connectivity index (χ2n) is 4.68. The summed E-state index contributed by atoms with van der Waals surface area (Å²) in [7, 11) is 1.79. The van der Waals surface area contributed by atoms with Gasteiger partial charge >= 0.3 is 0 Å². The highest BCUT2D eigenvalue weighted by Crippen LogP contribution is 2.23. The van der Waals surface area contributed by atoms with E-state index >= 15 is 0 Å². The number of morpholine rings is 1. The zero-order valence-electron chi connectivity index (χ0n) is 10.1. The Morgan fingerprint density at radius 3 is 2.94 bits per heavy atom. The average molecular weight is 229 g/mol. The van der Waals surface area contributed by atoms with Crippen molar-refractivity contribution < 1.29 is 14.2 Å². The molecule has 1 aliphatic heterocycles. The molecule has 2 fully saturated rings. The molecule has 2 rings (SSSR count). The number of rotatable bonds is 4. The summed E-state index contributed by atoms with van der Waals surface area (Å²) in [5, 5.41) is 3.31. The Hall–Kier alpha value is -0.160. The number of nitrogens with one attached hydrogen (secondary N) is 1. The van der Waals surface area contributed by atoms with E-state index < -0.39 is 0 Å². The largest absolute Gasteiger partial charge is 0.381 e. The minimum Gasteiger partial charge on any atom is -0.381 e. The molecule has 4 heteroatoms. The van der Waals surface area contributed by atoms with Crippen LogP contribution in [0.5, 0.6) is 0 Å². The predicted molar refractivity (Wildman–Crippen MR) is 61.6 cm³/mol. The van der Waals surface area contributed by atoms with E-state index in [0.717, 1.165) is 26.1 Å². The fraction of sp³-hybridized carbons (Fsp3) is 1.00. The van der Waals surface area contributed by atoms with Gasteiger partial charge in [0.25, 0.3) is 0 Å². The van der Waals surface area contributed by atoms with Crippen LogP contribution in [0.25, 0.3) is 0 Å². The summed E-state index contributed by atoms with van der Waals surface area (Å²) in [4.78, 5) is 0. The Bertz CT molecular complexity index is 195. The normalized spacial score (nSPS) is 36.2. The molecule has 0 aromatic rings. The fourth-order valence-corrected chi connectivity index (χ4v) is 2.44. The summed E-state index contributed by atoms with van der Waals surface area (Å²) >= 11 is 0. The molecule has 4 nitrogen and oxygen atoms in total. The van der Waals surface area contributed by atoms with Gasteiger partial charge in [0.1, 0.15) is 0 Å². The van der Waals surface area contributed by atoms with Crippen LogP contribution in [0.4, 0.5) is 0 Å². The van der Waals surface area contributed by atoms with E-state index in [1.807, 2.05) is 0 Å². The maximum Gasteiger partial charge on any atom is 0.0933 e. The van der Waals surface area contributed by atoms with E-state index in [-0.39, 0.29) is 6.10 Å². The van der Waals surface area contributed by atoms with Gasteiger partial charge in [0, 0.05) is 20.2 Å². The van der Waals surface area contributed by atoms with Crippen LogP contribution < -0.4 is 5.32 Å². The molecule has 1 aliphatic carbocycles. The molecular formula is C12H23NO3. The Kier molecular flexibility index (Phi) is 5.03. The van der Waals surface area contributed by atoms with Crippen molar-refractivity contribution in [2.24, 2.45) is 0 Å². The van der Waals surface area contributed by atoms with Gasteiger partial charge in [-0.2, -0.15) is 0 Å². The molecule has 0 spiro atoms. The maximum absolute atomic E-state index is 5.91. The van der Waals surface area contributed by atoms with Crippen molar-refractivity contribution in [1.82, 2.24) is 5.32 Å². The molecule has 16 heavy (non-hydrogen) atoms. The molecule has 1 N–H and O–H groups in total. The van der Waals surface area contributed by atoms with Crippen LogP contribution >= 0.6 is 0 Å². The molecule has 0 unspecified atom stereocenters. The first-order valence-electron chi connectivity index (χ1n) is 6.35. The SMILES string of the molecule is CO[C@@H]1CCC[C@@H](OC[C@H]2CNCCO2)C1. The van der Waals surface area contributed by atoms with Gasteiger partial charge in [-0.1, -0.05) is 0 Å². The van der Waals surface area contributed by atoms with E-state index in [4.69, 9.17) is 14.2 Å². The molecule has 94 valence electrons. The zero-order valence-corrected chi connectivity index (χ0v) is 10.1. The molecule has 0 radical (unpaired) electrons. The molecule has 0 amide bonds. The van der Waals surface area contributed by atoms with Crippen LogP contribution in [0.15, 0.2) is 0 Å². The third-order valence-corrected chi connectivity index (χ3v) is 3.43. The van der Waals surface area contributed by atoms with E-state index in [0.29, 0.717) is 18.8 Å². The van der Waals surface area contributed by atoms with Crippen LogP contribution in [0.3, 0.4) is 0 Å². The van der Waals surface area contributed by atoms with Gasteiger partial charge in [0.05, 0.1) is 31.5 Å². The summed E-state index contributed by atoms with van der Waals surface area (Å²) < 4.78 is 16.9. The van der Waals surface area contributed by atoms with Crippen molar-refractivity contribution in [1.29, 1.82) is 0 Å². The van der Waals surface area contributed by atoms with Crippen molar-refractivity contribution in [3.8, 4) is 0 Å². The van der Waals surface area contributed by atoms with Crippen molar-refractivity contribution in [3.63, 3.8) is 0 Å². The third kappa shape index (κ3) is 3.70. The summed E-state index contributed by atoms with van der Waals surface area (Å²) in [5.74, 6) is 0. The molecule has 3 atom stereocenters. The molecule has 1 heterocycles. The van der Waals surface area contributed by atoms with E-state index in [9.17, 15) is 0 Å². The fourth-order valence-electron chi connectivity index (χ4n) is 2.44. The van der Waals surface area contributed by atoms with Crippen LogP contribution in [-0.4, -0.2) is 51.7 Å². The Morgan fingerprint density at radius 1 is 1.31 bits per heavy atom. The van der Waals surface area contributed by atoms with Gasteiger partial charge in [-0.25, -0.2) is 0 Å². The van der Waals surface area contributed by atoms with Crippen molar-refractivity contribution in [2.75, 3.05) is 33.4 Å². The summed E-state index contributed by atoms with van der Waals surface area (Å²) in [6.07, 6.45) is 5.59. The molecular weight excluding hydrogens is 206 g/mol. The van der Waals surface area contributed by atoms with E-state index in [1.165, 1.54) is 19.3 Å². The summed E-state index contributed by atoms with van der Waals surface area (Å²) in [6, 6.07) is 0. The second kappa shape index (κ2) is 6.55. The summed E-state index contributed by atoms with van der Waals surface area (Å²) in [5.41, 5.74) is 0. The smallest absolute Gasteiger partial charge is 0.0933 e. The van der Waals surface area contributed by atoms with E-state index in [1.54, 1.807) is 7.11 Å². The maximum atomic E-state index is 5.91.